The maximum atomic E-state index is 15.0. The molecule has 0 saturated carbocycles. The molecule has 1 atom stereocenters. The Morgan fingerprint density at radius 3 is 2.34 bits per heavy atom. The van der Waals surface area contributed by atoms with Crippen LogP contribution in [0.2, 0.25) is 0 Å². The summed E-state index contributed by atoms with van der Waals surface area (Å²) in [5.41, 5.74) is 0.951. The molecule has 0 unspecified atom stereocenters. The van der Waals surface area contributed by atoms with E-state index in [-0.39, 0.29) is 40.2 Å². The van der Waals surface area contributed by atoms with Crippen molar-refractivity contribution < 1.29 is 32.6 Å². The number of ether oxygens (including phenoxy) is 2. The summed E-state index contributed by atoms with van der Waals surface area (Å²) in [4.78, 5) is 57.0. The maximum Gasteiger partial charge on any atom is 0.419 e. The zero-order valence-corrected chi connectivity index (χ0v) is 31.8. The molecule has 4 heterocycles. The average molecular weight is 790 g/mol. The Hall–Kier alpha value is -5.24. The highest BCUT2D eigenvalue weighted by Gasteiger charge is 2.35. The van der Waals surface area contributed by atoms with Crippen LogP contribution in [-0.4, -0.2) is 53.7 Å². The lowest BCUT2D eigenvalue weighted by molar-refractivity contribution is 0.0502. The van der Waals surface area contributed by atoms with Crippen LogP contribution in [0.15, 0.2) is 71.5 Å². The fourth-order valence-corrected chi connectivity index (χ4v) is 6.63. The summed E-state index contributed by atoms with van der Waals surface area (Å²) in [6, 6.07) is 13.2. The van der Waals surface area contributed by atoms with Crippen LogP contribution in [0.25, 0.3) is 22.2 Å². The van der Waals surface area contributed by atoms with Crippen LogP contribution in [0.1, 0.15) is 87.9 Å². The van der Waals surface area contributed by atoms with Crippen LogP contribution in [0.4, 0.5) is 24.2 Å². The molecule has 0 fully saturated rings. The summed E-state index contributed by atoms with van der Waals surface area (Å²) in [6.07, 6.45) is 3.63. The standard InChI is InChI=1S/C39H39BrF2N6O5/c1-38(2,3)52-36(50)46-34-25(40)18-30-28(45-34)19-31(48(30)37(51)53-39(4,5)6)35(49)47(29-14-7-10-22-11-9-17-43-33(22)29)21-24-16-15-23(20-44-24)32-26(41)12-8-13-27(32)42/h8-9,11-13,15-20,29H,7,10,14,21H2,1-6H3,(H,45,46,50)/t29-/m1/s1. The number of halogens is 3. The van der Waals surface area contributed by atoms with E-state index in [9.17, 15) is 18.4 Å². The van der Waals surface area contributed by atoms with Gasteiger partial charge in [-0.1, -0.05) is 18.2 Å². The van der Waals surface area contributed by atoms with E-state index in [0.29, 0.717) is 16.6 Å². The Bertz CT molecular complexity index is 2190. The lowest BCUT2D eigenvalue weighted by atomic mass is 9.90. The van der Waals surface area contributed by atoms with Gasteiger partial charge in [-0.05, 0) is 119 Å². The first-order valence-corrected chi connectivity index (χ1v) is 17.9. The van der Waals surface area contributed by atoms with Crippen LogP contribution in [0.3, 0.4) is 0 Å². The maximum absolute atomic E-state index is 15.0. The number of carbonyl (C=O) groups is 3. The van der Waals surface area contributed by atoms with Crippen LogP contribution >= 0.6 is 15.9 Å². The van der Waals surface area contributed by atoms with E-state index in [1.165, 1.54) is 35.0 Å². The Kier molecular flexibility index (Phi) is 10.4. The number of pyridine rings is 3. The van der Waals surface area contributed by atoms with Gasteiger partial charge in [-0.2, -0.15) is 0 Å². The highest BCUT2D eigenvalue weighted by Crippen LogP contribution is 2.37. The Balaban J connectivity index is 1.46. The molecule has 5 aromatic rings. The number of nitrogens with zero attached hydrogens (tertiary/aromatic N) is 5. The van der Waals surface area contributed by atoms with Crippen LogP contribution < -0.4 is 5.32 Å². The van der Waals surface area contributed by atoms with Gasteiger partial charge >= 0.3 is 12.2 Å². The first kappa shape index (κ1) is 37.5. The number of aryl methyl sites for hydroxylation is 1. The number of anilines is 1. The molecule has 0 saturated heterocycles. The molecule has 0 aliphatic heterocycles. The van der Waals surface area contributed by atoms with Crippen molar-refractivity contribution in [2.45, 2.75) is 84.6 Å². The van der Waals surface area contributed by atoms with Gasteiger partial charge in [0, 0.05) is 18.0 Å². The minimum absolute atomic E-state index is 0.0298. The summed E-state index contributed by atoms with van der Waals surface area (Å²) in [5, 5.41) is 2.62. The Morgan fingerprint density at radius 1 is 0.962 bits per heavy atom. The second kappa shape index (κ2) is 14.6. The van der Waals surface area contributed by atoms with E-state index >= 15 is 4.79 Å². The molecule has 53 heavy (non-hydrogen) atoms. The molecule has 2 amide bonds. The summed E-state index contributed by atoms with van der Waals surface area (Å²) >= 11 is 3.44. The topological polar surface area (TPSA) is 129 Å². The van der Waals surface area contributed by atoms with Gasteiger partial charge in [0.05, 0.1) is 45.0 Å². The number of carbonyl (C=O) groups excluding carboxylic acids is 3. The predicted octanol–water partition coefficient (Wildman–Crippen LogP) is 9.38. The van der Waals surface area contributed by atoms with Crippen molar-refractivity contribution in [3.05, 3.63) is 106 Å². The van der Waals surface area contributed by atoms with Gasteiger partial charge in [-0.3, -0.25) is 20.1 Å². The molecule has 1 aromatic carbocycles. The minimum Gasteiger partial charge on any atom is -0.444 e. The van der Waals surface area contributed by atoms with E-state index in [2.05, 4.69) is 36.2 Å². The summed E-state index contributed by atoms with van der Waals surface area (Å²) in [5.74, 6) is -1.87. The smallest absolute Gasteiger partial charge is 0.419 e. The van der Waals surface area contributed by atoms with Gasteiger partial charge in [0.25, 0.3) is 5.91 Å². The number of nitrogens with one attached hydrogen (secondary N) is 1. The molecule has 6 rings (SSSR count). The summed E-state index contributed by atoms with van der Waals surface area (Å²) < 4.78 is 41.9. The quantitative estimate of drug-likeness (QED) is 0.180. The highest BCUT2D eigenvalue weighted by molar-refractivity contribution is 9.10. The van der Waals surface area contributed by atoms with Crippen LogP contribution in [0, 0.1) is 11.6 Å². The second-order valence-electron chi connectivity index (χ2n) is 14.7. The third kappa shape index (κ3) is 8.38. The molecule has 4 aromatic heterocycles. The van der Waals surface area contributed by atoms with Gasteiger partial charge in [0.2, 0.25) is 0 Å². The van der Waals surface area contributed by atoms with Crippen molar-refractivity contribution in [1.82, 2.24) is 24.4 Å². The van der Waals surface area contributed by atoms with Crippen molar-refractivity contribution in [2.75, 3.05) is 5.32 Å². The third-order valence-corrected chi connectivity index (χ3v) is 8.97. The van der Waals surface area contributed by atoms with Crippen LogP contribution in [-0.2, 0) is 22.4 Å². The number of amides is 2. The van der Waals surface area contributed by atoms with Gasteiger partial charge < -0.3 is 14.4 Å². The SMILES string of the molecule is CC(C)(C)OC(=O)Nc1nc2cc(C(=O)N(Cc3ccc(-c4c(F)cccc4F)cn3)[C@@H]3CCCc4cccnc43)n(C(=O)OC(C)(C)C)c2cc1Br. The lowest BCUT2D eigenvalue weighted by Gasteiger charge is -2.35. The van der Waals surface area contributed by atoms with Gasteiger partial charge in [0.15, 0.2) is 0 Å². The molecule has 11 nitrogen and oxygen atoms in total. The van der Waals surface area contributed by atoms with Gasteiger partial charge in [-0.25, -0.2) is 27.9 Å². The number of rotatable bonds is 6. The zero-order chi connectivity index (χ0) is 38.2. The van der Waals surface area contributed by atoms with E-state index in [1.54, 1.807) is 70.8 Å². The van der Waals surface area contributed by atoms with Crippen molar-refractivity contribution in [1.29, 1.82) is 0 Å². The van der Waals surface area contributed by atoms with E-state index in [1.807, 2.05) is 12.1 Å². The highest BCUT2D eigenvalue weighted by atomic mass is 79.9. The van der Waals surface area contributed by atoms with Crippen LogP contribution in [0.5, 0.6) is 0 Å². The number of hydrogen-bond acceptors (Lipinski definition) is 8. The first-order chi connectivity index (χ1) is 25.0. The van der Waals surface area contributed by atoms with Crippen molar-refractivity contribution >= 4 is 50.9 Å². The molecule has 1 N–H and O–H groups in total. The van der Waals surface area contributed by atoms with Crippen molar-refractivity contribution in [3.8, 4) is 11.1 Å². The molecule has 0 bridgehead atoms. The molecule has 276 valence electrons. The predicted molar refractivity (Wildman–Crippen MR) is 198 cm³/mol. The Labute approximate surface area is 313 Å². The summed E-state index contributed by atoms with van der Waals surface area (Å²) in [7, 11) is 0. The molecule has 14 heteroatoms. The fourth-order valence-electron chi connectivity index (χ4n) is 6.23. The van der Waals surface area contributed by atoms with E-state index < -0.39 is 47.0 Å². The normalized spacial score (nSPS) is 14.4. The fraction of sp³-hybridized carbons (Fsp3) is 0.333. The molecule has 0 radical (unpaired) electrons. The second-order valence-corrected chi connectivity index (χ2v) is 15.6. The number of aromatic nitrogens is 4. The number of hydrogen-bond donors (Lipinski definition) is 1. The third-order valence-electron chi connectivity index (χ3n) is 8.37. The van der Waals surface area contributed by atoms with Gasteiger partial charge in [0.1, 0.15) is 34.3 Å². The number of benzene rings is 1. The van der Waals surface area contributed by atoms with E-state index in [0.717, 1.165) is 24.1 Å². The minimum atomic E-state index is -0.911. The molecule has 1 aliphatic carbocycles. The first-order valence-electron chi connectivity index (χ1n) is 17.1. The lowest BCUT2D eigenvalue weighted by Crippen LogP contribution is -2.39. The number of fused-ring (bicyclic) bond motifs is 2. The molecular formula is C39H39BrF2N6O5. The summed E-state index contributed by atoms with van der Waals surface area (Å²) in [6.45, 7) is 10.3. The van der Waals surface area contributed by atoms with E-state index in [4.69, 9.17) is 9.47 Å². The largest absolute Gasteiger partial charge is 0.444 e. The molecule has 1 aliphatic rings. The Morgan fingerprint density at radius 2 is 1.68 bits per heavy atom. The van der Waals surface area contributed by atoms with Gasteiger partial charge in [-0.15, -0.1) is 0 Å². The van der Waals surface area contributed by atoms with Crippen molar-refractivity contribution in [2.24, 2.45) is 0 Å². The zero-order valence-electron chi connectivity index (χ0n) is 30.2. The average Bonchev–Trinajstić information content (AvgIpc) is 3.44. The molecular weight excluding hydrogens is 750 g/mol. The monoisotopic (exact) mass is 788 g/mol. The molecule has 0 spiro atoms. The van der Waals surface area contributed by atoms with Crippen molar-refractivity contribution in [3.63, 3.8) is 0 Å².